The minimum absolute atomic E-state index is 0.0849. The monoisotopic (exact) mass is 366 g/mol. The van der Waals surface area contributed by atoms with Crippen LogP contribution in [0.2, 0.25) is 0 Å². The number of methoxy groups -OCH3 is 1. The highest BCUT2D eigenvalue weighted by Gasteiger charge is 2.22. The van der Waals surface area contributed by atoms with Crippen LogP contribution in [0, 0.1) is 19.8 Å². The van der Waals surface area contributed by atoms with Crippen LogP contribution in [0.5, 0.6) is 11.5 Å². The lowest BCUT2D eigenvalue weighted by Gasteiger charge is -2.13. The number of benzene rings is 2. The molecule has 1 aromatic heterocycles. The van der Waals surface area contributed by atoms with Gasteiger partial charge in [-0.3, -0.25) is 9.59 Å². The molecule has 0 saturated heterocycles. The number of hydrogen-bond acceptors (Lipinski definition) is 5. The quantitative estimate of drug-likeness (QED) is 0.629. The van der Waals surface area contributed by atoms with Crippen molar-refractivity contribution in [1.82, 2.24) is 0 Å². The third kappa shape index (κ3) is 3.58. The van der Waals surface area contributed by atoms with Crippen LogP contribution in [-0.4, -0.2) is 13.1 Å². The van der Waals surface area contributed by atoms with Gasteiger partial charge in [0, 0.05) is 5.56 Å². The van der Waals surface area contributed by atoms with E-state index in [1.807, 2.05) is 26.0 Å². The number of aryl methyl sites for hydroxylation is 2. The highest BCUT2D eigenvalue weighted by atomic mass is 16.5. The summed E-state index contributed by atoms with van der Waals surface area (Å²) in [6.07, 6.45) is 0. The second kappa shape index (κ2) is 7.27. The highest BCUT2D eigenvalue weighted by Crippen LogP contribution is 2.33. The Morgan fingerprint density at radius 3 is 2.33 bits per heavy atom. The van der Waals surface area contributed by atoms with Crippen LogP contribution in [-0.2, 0) is 4.79 Å². The van der Waals surface area contributed by atoms with Gasteiger partial charge in [0.1, 0.15) is 11.3 Å². The Labute approximate surface area is 157 Å². The highest BCUT2D eigenvalue weighted by molar-refractivity contribution is 5.87. The van der Waals surface area contributed by atoms with Crippen LogP contribution in [0.15, 0.2) is 45.6 Å². The third-order valence-electron chi connectivity index (χ3n) is 4.32. The van der Waals surface area contributed by atoms with E-state index in [4.69, 9.17) is 13.9 Å². The summed E-state index contributed by atoms with van der Waals surface area (Å²) in [6.45, 7) is 7.21. The zero-order valence-electron chi connectivity index (χ0n) is 16.1. The van der Waals surface area contributed by atoms with E-state index in [-0.39, 0.29) is 22.9 Å². The van der Waals surface area contributed by atoms with Gasteiger partial charge in [0.25, 0.3) is 0 Å². The molecule has 0 amide bonds. The number of fused-ring (bicyclic) bond motifs is 1. The minimum Gasteiger partial charge on any atom is -0.497 e. The Hall–Kier alpha value is -3.08. The van der Waals surface area contributed by atoms with Crippen molar-refractivity contribution in [1.29, 1.82) is 0 Å². The second-order valence-electron chi connectivity index (χ2n) is 6.85. The van der Waals surface area contributed by atoms with Crippen LogP contribution >= 0.6 is 0 Å². The number of ether oxygens (including phenoxy) is 2. The van der Waals surface area contributed by atoms with Gasteiger partial charge in [-0.2, -0.15) is 0 Å². The topological polar surface area (TPSA) is 65.7 Å². The lowest BCUT2D eigenvalue weighted by Crippen LogP contribution is -2.20. The van der Waals surface area contributed by atoms with E-state index >= 15 is 0 Å². The molecule has 0 unspecified atom stereocenters. The van der Waals surface area contributed by atoms with E-state index in [2.05, 4.69) is 0 Å². The van der Waals surface area contributed by atoms with Gasteiger partial charge < -0.3 is 13.9 Å². The van der Waals surface area contributed by atoms with Crippen molar-refractivity contribution >= 4 is 16.9 Å². The first-order valence-corrected chi connectivity index (χ1v) is 8.76. The van der Waals surface area contributed by atoms with E-state index in [1.54, 1.807) is 45.2 Å². The van der Waals surface area contributed by atoms with Gasteiger partial charge in [-0.1, -0.05) is 19.9 Å². The molecule has 3 rings (SSSR count). The van der Waals surface area contributed by atoms with Gasteiger partial charge in [-0.25, -0.2) is 0 Å². The number of carbonyl (C=O) groups is 1. The van der Waals surface area contributed by atoms with Crippen LogP contribution < -0.4 is 14.9 Å². The number of hydrogen-bond donors (Lipinski definition) is 0. The Balaban J connectivity index is 2.31. The molecule has 5 nitrogen and oxygen atoms in total. The molecule has 0 aliphatic rings. The summed E-state index contributed by atoms with van der Waals surface area (Å²) in [6, 6.07) is 10.8. The molecule has 0 bridgehead atoms. The van der Waals surface area contributed by atoms with Gasteiger partial charge in [0.2, 0.25) is 11.2 Å². The Kier molecular flexibility index (Phi) is 5.04. The van der Waals surface area contributed by atoms with Crippen LogP contribution in [0.4, 0.5) is 0 Å². The molecule has 140 valence electrons. The largest absolute Gasteiger partial charge is 0.497 e. The predicted molar refractivity (Wildman–Crippen MR) is 104 cm³/mol. The summed E-state index contributed by atoms with van der Waals surface area (Å²) in [7, 11) is 1.58. The van der Waals surface area contributed by atoms with Crippen molar-refractivity contribution < 1.29 is 18.7 Å². The zero-order chi connectivity index (χ0) is 19.7. The molecule has 0 N–H and O–H groups in total. The summed E-state index contributed by atoms with van der Waals surface area (Å²) in [5, 5.41) is 0.421. The zero-order valence-corrected chi connectivity index (χ0v) is 16.1. The number of rotatable bonds is 4. The van der Waals surface area contributed by atoms with Crippen molar-refractivity contribution in [2.24, 2.45) is 5.92 Å². The molecule has 0 saturated carbocycles. The van der Waals surface area contributed by atoms with E-state index in [0.717, 1.165) is 11.1 Å². The second-order valence-corrected chi connectivity index (χ2v) is 6.85. The first kappa shape index (κ1) is 18.7. The fourth-order valence-corrected chi connectivity index (χ4v) is 2.92. The van der Waals surface area contributed by atoms with Crippen LogP contribution in [0.1, 0.15) is 25.0 Å². The molecule has 27 heavy (non-hydrogen) atoms. The van der Waals surface area contributed by atoms with E-state index in [0.29, 0.717) is 22.3 Å². The van der Waals surface area contributed by atoms with Gasteiger partial charge in [0.15, 0.2) is 5.76 Å². The molecule has 0 aliphatic carbocycles. The molecule has 0 radical (unpaired) electrons. The third-order valence-corrected chi connectivity index (χ3v) is 4.32. The molecule has 1 heterocycles. The van der Waals surface area contributed by atoms with E-state index in [9.17, 15) is 9.59 Å². The van der Waals surface area contributed by atoms with E-state index in [1.165, 1.54) is 0 Å². The first-order valence-electron chi connectivity index (χ1n) is 8.76. The summed E-state index contributed by atoms with van der Waals surface area (Å²) >= 11 is 0. The molecule has 3 aromatic rings. The van der Waals surface area contributed by atoms with Gasteiger partial charge in [-0.15, -0.1) is 0 Å². The molecule has 0 spiro atoms. The molecule has 5 heteroatoms. The fourth-order valence-electron chi connectivity index (χ4n) is 2.92. The number of esters is 1. The van der Waals surface area contributed by atoms with Crippen molar-refractivity contribution in [2.75, 3.05) is 7.11 Å². The van der Waals surface area contributed by atoms with Gasteiger partial charge in [-0.05, 0) is 55.3 Å². The molecule has 0 fully saturated rings. The lowest BCUT2D eigenvalue weighted by atomic mass is 10.0. The normalized spacial score (nSPS) is 11.0. The Morgan fingerprint density at radius 2 is 1.74 bits per heavy atom. The van der Waals surface area contributed by atoms with Gasteiger partial charge >= 0.3 is 5.97 Å². The lowest BCUT2D eigenvalue weighted by molar-refractivity contribution is -0.137. The summed E-state index contributed by atoms with van der Waals surface area (Å²) in [5.74, 6) is -0.0362. The minimum atomic E-state index is -0.485. The number of carbonyl (C=O) groups excluding carboxylic acids is 1. The van der Waals surface area contributed by atoms with Gasteiger partial charge in [0.05, 0.1) is 18.4 Å². The maximum absolute atomic E-state index is 13.2. The summed E-state index contributed by atoms with van der Waals surface area (Å²) in [4.78, 5) is 25.4. The van der Waals surface area contributed by atoms with Crippen molar-refractivity contribution in [3.05, 3.63) is 57.7 Å². The summed E-state index contributed by atoms with van der Waals surface area (Å²) < 4.78 is 16.7. The maximum Gasteiger partial charge on any atom is 0.314 e. The molecule has 0 atom stereocenters. The molecular weight excluding hydrogens is 344 g/mol. The van der Waals surface area contributed by atoms with Crippen molar-refractivity contribution in [2.45, 2.75) is 27.7 Å². The van der Waals surface area contributed by atoms with Crippen molar-refractivity contribution in [3.8, 4) is 22.8 Å². The predicted octanol–water partition coefficient (Wildman–Crippen LogP) is 4.65. The Morgan fingerprint density at radius 1 is 1.07 bits per heavy atom. The smallest absolute Gasteiger partial charge is 0.314 e. The van der Waals surface area contributed by atoms with E-state index < -0.39 is 5.97 Å². The van der Waals surface area contributed by atoms with Crippen LogP contribution in [0.3, 0.4) is 0 Å². The first-order chi connectivity index (χ1) is 12.8. The maximum atomic E-state index is 13.2. The Bertz CT molecular complexity index is 1060. The van der Waals surface area contributed by atoms with Crippen LogP contribution in [0.25, 0.3) is 22.3 Å². The average molecular weight is 366 g/mol. The molecular formula is C22H22O5. The summed E-state index contributed by atoms with van der Waals surface area (Å²) in [5.41, 5.74) is 2.50. The standard InChI is InChI=1S/C22H22O5/c1-12(2)22(24)27-21-19(23)18-14(4)10-13(3)11-17(18)26-20(21)15-6-8-16(25-5)9-7-15/h6-12H,1-5H3. The average Bonchev–Trinajstić information content (AvgIpc) is 2.63. The van der Waals surface area contributed by atoms with Crippen molar-refractivity contribution in [3.63, 3.8) is 0 Å². The molecule has 2 aromatic carbocycles. The fraction of sp³-hybridized carbons (Fsp3) is 0.273. The molecule has 0 aliphatic heterocycles. The SMILES string of the molecule is COc1ccc(-c2oc3cc(C)cc(C)c3c(=O)c2OC(=O)C(C)C)cc1.